The molecule has 0 fully saturated rings. The van der Waals surface area contributed by atoms with Crippen molar-refractivity contribution in [3.8, 4) is 0 Å². The Labute approximate surface area is 132 Å². The number of benzene rings is 2. The number of para-hydroxylation sites is 1. The molecule has 23 heavy (non-hydrogen) atoms. The molecular formula is C17H15N3O3. The van der Waals surface area contributed by atoms with Gasteiger partial charge in [-0.1, -0.05) is 30.3 Å². The van der Waals surface area contributed by atoms with Gasteiger partial charge in [-0.25, -0.2) is 4.79 Å². The zero-order chi connectivity index (χ0) is 16.1. The average Bonchev–Trinajstić information content (AvgIpc) is 3.07. The quantitative estimate of drug-likeness (QED) is 0.559. The molecule has 0 spiro atoms. The van der Waals surface area contributed by atoms with Gasteiger partial charge in [0.15, 0.2) is 0 Å². The van der Waals surface area contributed by atoms with Crippen molar-refractivity contribution >= 4 is 22.8 Å². The summed E-state index contributed by atoms with van der Waals surface area (Å²) >= 11 is 0. The van der Waals surface area contributed by atoms with Gasteiger partial charge in [0, 0.05) is 10.9 Å². The van der Waals surface area contributed by atoms with Gasteiger partial charge >= 0.3 is 5.97 Å². The van der Waals surface area contributed by atoms with Crippen molar-refractivity contribution in [3.63, 3.8) is 0 Å². The molecule has 0 atom stereocenters. The molecule has 0 aliphatic heterocycles. The van der Waals surface area contributed by atoms with Gasteiger partial charge in [-0.3, -0.25) is 9.89 Å². The molecule has 0 saturated heterocycles. The smallest absolute Gasteiger partial charge is 0.340 e. The number of carbonyl (C=O) groups is 2. The molecule has 1 heterocycles. The van der Waals surface area contributed by atoms with Crippen LogP contribution in [0.4, 0.5) is 0 Å². The number of hydrogen-bond acceptors (Lipinski definition) is 4. The summed E-state index contributed by atoms with van der Waals surface area (Å²) in [5.41, 5.74) is 1.64. The number of amides is 1. The van der Waals surface area contributed by atoms with Crippen LogP contribution in [0.3, 0.4) is 0 Å². The van der Waals surface area contributed by atoms with Crippen LogP contribution in [0.25, 0.3) is 10.9 Å². The van der Waals surface area contributed by atoms with Gasteiger partial charge in [-0.2, -0.15) is 5.10 Å². The first-order valence-corrected chi connectivity index (χ1v) is 7.18. The van der Waals surface area contributed by atoms with Gasteiger partial charge in [0.05, 0.1) is 23.8 Å². The lowest BCUT2D eigenvalue weighted by atomic mass is 10.1. The number of nitrogens with zero attached hydrogens (tertiary/aromatic N) is 1. The lowest BCUT2D eigenvalue weighted by Crippen LogP contribution is -2.28. The van der Waals surface area contributed by atoms with Crippen LogP contribution in [-0.4, -0.2) is 35.2 Å². The zero-order valence-corrected chi connectivity index (χ0v) is 12.3. The minimum absolute atomic E-state index is 0.0991. The zero-order valence-electron chi connectivity index (χ0n) is 12.3. The second-order valence-electron chi connectivity index (χ2n) is 4.90. The number of rotatable bonds is 5. The highest BCUT2D eigenvalue weighted by molar-refractivity contribution is 6.02. The van der Waals surface area contributed by atoms with Crippen LogP contribution in [0.1, 0.15) is 20.7 Å². The van der Waals surface area contributed by atoms with Gasteiger partial charge in [-0.05, 0) is 18.2 Å². The summed E-state index contributed by atoms with van der Waals surface area (Å²) in [6, 6.07) is 14.2. The second-order valence-corrected chi connectivity index (χ2v) is 4.90. The van der Waals surface area contributed by atoms with Crippen LogP contribution in [0.2, 0.25) is 0 Å². The van der Waals surface area contributed by atoms with E-state index in [1.54, 1.807) is 42.6 Å². The van der Waals surface area contributed by atoms with Crippen LogP contribution in [-0.2, 0) is 4.74 Å². The Kier molecular flexibility index (Phi) is 4.33. The second kappa shape index (κ2) is 6.74. The predicted octanol–water partition coefficient (Wildman–Crippen LogP) is 2.15. The highest BCUT2D eigenvalue weighted by Gasteiger charge is 2.12. The Morgan fingerprint density at radius 3 is 2.74 bits per heavy atom. The maximum absolute atomic E-state index is 12.1. The highest BCUT2D eigenvalue weighted by atomic mass is 16.5. The maximum atomic E-state index is 12.1. The van der Waals surface area contributed by atoms with Crippen molar-refractivity contribution in [2.45, 2.75) is 0 Å². The Morgan fingerprint density at radius 2 is 1.91 bits per heavy atom. The minimum atomic E-state index is -0.450. The standard InChI is InChI=1S/C17H15N3O3/c21-16(12-5-2-1-3-6-12)18-9-10-23-17(22)14-8-4-7-13-11-19-20-15(13)14/h1-8,11H,9-10H2,(H,18,21)(H,19,20). The molecule has 0 bridgehead atoms. The van der Waals surface area contributed by atoms with E-state index < -0.39 is 5.97 Å². The van der Waals surface area contributed by atoms with Crippen LogP contribution in [0, 0.1) is 0 Å². The van der Waals surface area contributed by atoms with Crippen LogP contribution in [0.5, 0.6) is 0 Å². The van der Waals surface area contributed by atoms with Crippen molar-refractivity contribution in [1.29, 1.82) is 0 Å². The molecule has 0 unspecified atom stereocenters. The monoisotopic (exact) mass is 309 g/mol. The average molecular weight is 309 g/mol. The van der Waals surface area contributed by atoms with Crippen LogP contribution < -0.4 is 5.32 Å². The number of nitrogens with one attached hydrogen (secondary N) is 2. The van der Waals surface area contributed by atoms with E-state index in [4.69, 9.17) is 4.74 Å². The summed E-state index contributed by atoms with van der Waals surface area (Å²) in [6.07, 6.45) is 1.65. The van der Waals surface area contributed by atoms with E-state index in [9.17, 15) is 9.59 Å². The number of carbonyl (C=O) groups excluding carboxylic acids is 2. The number of esters is 1. The predicted molar refractivity (Wildman–Crippen MR) is 85.2 cm³/mol. The number of aromatic amines is 1. The summed E-state index contributed by atoms with van der Waals surface area (Å²) < 4.78 is 5.19. The van der Waals surface area contributed by atoms with Crippen molar-refractivity contribution in [3.05, 3.63) is 65.9 Å². The van der Waals surface area contributed by atoms with E-state index in [2.05, 4.69) is 15.5 Å². The van der Waals surface area contributed by atoms with E-state index >= 15 is 0 Å². The van der Waals surface area contributed by atoms with Crippen LogP contribution in [0.15, 0.2) is 54.7 Å². The molecule has 0 radical (unpaired) electrons. The minimum Gasteiger partial charge on any atom is -0.460 e. The molecule has 6 heteroatoms. The van der Waals surface area contributed by atoms with Crippen LogP contribution >= 0.6 is 0 Å². The Bertz CT molecular complexity index is 827. The molecule has 6 nitrogen and oxygen atoms in total. The lowest BCUT2D eigenvalue weighted by Gasteiger charge is -2.07. The summed E-state index contributed by atoms with van der Waals surface area (Å²) in [4.78, 5) is 23.9. The third-order valence-corrected chi connectivity index (χ3v) is 3.35. The number of fused-ring (bicyclic) bond motifs is 1. The number of aromatic nitrogens is 2. The first-order valence-electron chi connectivity index (χ1n) is 7.18. The SMILES string of the molecule is O=C(NCCOC(=O)c1cccc2cn[nH]c12)c1ccccc1. The Hall–Kier alpha value is -3.15. The van der Waals surface area contributed by atoms with Crippen molar-refractivity contribution < 1.29 is 14.3 Å². The molecule has 1 amide bonds. The van der Waals surface area contributed by atoms with E-state index in [0.29, 0.717) is 16.6 Å². The Balaban J connectivity index is 1.52. The lowest BCUT2D eigenvalue weighted by molar-refractivity contribution is 0.0505. The molecular weight excluding hydrogens is 294 g/mol. The Morgan fingerprint density at radius 1 is 1.09 bits per heavy atom. The molecule has 0 aliphatic rings. The molecule has 3 rings (SSSR count). The van der Waals surface area contributed by atoms with Crippen molar-refractivity contribution in [1.82, 2.24) is 15.5 Å². The van der Waals surface area contributed by atoms with E-state index in [-0.39, 0.29) is 19.1 Å². The first kappa shape index (κ1) is 14.8. The molecule has 2 N–H and O–H groups in total. The van der Waals surface area contributed by atoms with Gasteiger partial charge < -0.3 is 10.1 Å². The largest absolute Gasteiger partial charge is 0.460 e. The summed E-state index contributed by atoms with van der Waals surface area (Å²) in [5.74, 6) is -0.647. The summed E-state index contributed by atoms with van der Waals surface area (Å²) in [6.45, 7) is 0.348. The molecule has 0 aliphatic carbocycles. The van der Waals surface area contributed by atoms with E-state index in [1.807, 2.05) is 12.1 Å². The molecule has 2 aromatic carbocycles. The normalized spacial score (nSPS) is 10.4. The van der Waals surface area contributed by atoms with Gasteiger partial charge in [0.1, 0.15) is 6.61 Å². The number of H-pyrrole nitrogens is 1. The fourth-order valence-corrected chi connectivity index (χ4v) is 2.22. The number of ether oxygens (including phenoxy) is 1. The summed E-state index contributed by atoms with van der Waals surface area (Å²) in [7, 11) is 0. The fraction of sp³-hybridized carbons (Fsp3) is 0.118. The van der Waals surface area contributed by atoms with Gasteiger partial charge in [0.2, 0.25) is 0 Å². The van der Waals surface area contributed by atoms with Crippen molar-refractivity contribution in [2.75, 3.05) is 13.2 Å². The van der Waals surface area contributed by atoms with E-state index in [0.717, 1.165) is 5.39 Å². The molecule has 3 aromatic rings. The molecule has 116 valence electrons. The van der Waals surface area contributed by atoms with Gasteiger partial charge in [-0.15, -0.1) is 0 Å². The molecule has 1 aromatic heterocycles. The molecule has 0 saturated carbocycles. The summed E-state index contributed by atoms with van der Waals surface area (Å²) in [5, 5.41) is 10.2. The van der Waals surface area contributed by atoms with Crippen molar-refractivity contribution in [2.24, 2.45) is 0 Å². The highest BCUT2D eigenvalue weighted by Crippen LogP contribution is 2.16. The number of hydrogen-bond donors (Lipinski definition) is 2. The van der Waals surface area contributed by atoms with E-state index in [1.165, 1.54) is 0 Å². The third kappa shape index (κ3) is 3.37. The fourth-order valence-electron chi connectivity index (χ4n) is 2.22. The first-order chi connectivity index (χ1) is 11.3. The third-order valence-electron chi connectivity index (χ3n) is 3.35. The van der Waals surface area contributed by atoms with Gasteiger partial charge in [0.25, 0.3) is 5.91 Å². The maximum Gasteiger partial charge on any atom is 0.340 e. The topological polar surface area (TPSA) is 84.1 Å².